The SMILES string of the molecule is C[C@@H](NC(=O)c1ccc2c(C3CCCCC3)n(-c3ccccn3)nc2c1)C(=O)Nc1ccc(-c2ccnc(N)c2)cc1. The fraction of sp³-hybridized carbons (Fsp3) is 0.242. The van der Waals surface area contributed by atoms with Gasteiger partial charge in [0.25, 0.3) is 5.91 Å². The van der Waals surface area contributed by atoms with Gasteiger partial charge in [0.2, 0.25) is 5.91 Å². The van der Waals surface area contributed by atoms with Crippen molar-refractivity contribution >= 4 is 34.2 Å². The van der Waals surface area contributed by atoms with Gasteiger partial charge in [0.1, 0.15) is 11.9 Å². The van der Waals surface area contributed by atoms with Crippen LogP contribution >= 0.6 is 0 Å². The highest BCUT2D eigenvalue weighted by Gasteiger charge is 2.25. The van der Waals surface area contributed by atoms with Crippen LogP contribution in [0, 0.1) is 0 Å². The van der Waals surface area contributed by atoms with Gasteiger partial charge in [-0.1, -0.05) is 43.5 Å². The molecular weight excluding hydrogens is 526 g/mol. The van der Waals surface area contributed by atoms with Crippen LogP contribution in [0.1, 0.15) is 61.0 Å². The summed E-state index contributed by atoms with van der Waals surface area (Å²) in [6, 6.07) is 21.7. The molecule has 1 atom stereocenters. The second-order valence-electron chi connectivity index (χ2n) is 10.8. The number of nitrogen functional groups attached to an aromatic ring is 1. The van der Waals surface area contributed by atoms with Gasteiger partial charge in [-0.25, -0.2) is 14.6 Å². The van der Waals surface area contributed by atoms with Crippen LogP contribution in [0.5, 0.6) is 0 Å². The normalized spacial score (nSPS) is 14.4. The minimum atomic E-state index is -0.753. The number of carbonyl (C=O) groups is 2. The lowest BCUT2D eigenvalue weighted by atomic mass is 9.85. The quantitative estimate of drug-likeness (QED) is 0.229. The Morgan fingerprint density at radius 3 is 2.45 bits per heavy atom. The molecule has 4 N–H and O–H groups in total. The Morgan fingerprint density at radius 2 is 1.71 bits per heavy atom. The Morgan fingerprint density at radius 1 is 0.905 bits per heavy atom. The number of rotatable bonds is 7. The maximum absolute atomic E-state index is 13.2. The Bertz CT molecular complexity index is 1730. The Labute approximate surface area is 244 Å². The van der Waals surface area contributed by atoms with E-state index < -0.39 is 6.04 Å². The summed E-state index contributed by atoms with van der Waals surface area (Å²) < 4.78 is 1.94. The topological polar surface area (TPSA) is 128 Å². The number of nitrogens with one attached hydrogen (secondary N) is 2. The van der Waals surface area contributed by atoms with Crippen molar-refractivity contribution < 1.29 is 9.59 Å². The summed E-state index contributed by atoms with van der Waals surface area (Å²) >= 11 is 0. The fourth-order valence-electron chi connectivity index (χ4n) is 5.64. The molecule has 0 radical (unpaired) electrons. The molecule has 2 aromatic carbocycles. The molecule has 0 saturated heterocycles. The summed E-state index contributed by atoms with van der Waals surface area (Å²) in [6.07, 6.45) is 9.31. The Kier molecular flexibility index (Phi) is 7.64. The third-order valence-corrected chi connectivity index (χ3v) is 7.84. The average Bonchev–Trinajstić information content (AvgIpc) is 3.41. The molecule has 42 heavy (non-hydrogen) atoms. The number of amides is 2. The number of benzene rings is 2. The number of hydrogen-bond acceptors (Lipinski definition) is 6. The lowest BCUT2D eigenvalue weighted by Crippen LogP contribution is -2.41. The molecule has 0 unspecified atom stereocenters. The molecule has 0 bridgehead atoms. The van der Waals surface area contributed by atoms with Crippen LogP contribution in [0.2, 0.25) is 0 Å². The molecule has 6 rings (SSSR count). The number of carbonyl (C=O) groups excluding carboxylic acids is 2. The first-order valence-electron chi connectivity index (χ1n) is 14.3. The van der Waals surface area contributed by atoms with E-state index in [1.54, 1.807) is 31.5 Å². The summed E-state index contributed by atoms with van der Waals surface area (Å²) in [4.78, 5) is 34.7. The third-order valence-electron chi connectivity index (χ3n) is 7.84. The number of nitrogens with two attached hydrogens (primary N) is 1. The van der Waals surface area contributed by atoms with Gasteiger partial charge in [-0.15, -0.1) is 0 Å². The number of hydrogen-bond donors (Lipinski definition) is 3. The zero-order valence-corrected chi connectivity index (χ0v) is 23.5. The van der Waals surface area contributed by atoms with Crippen molar-refractivity contribution in [2.75, 3.05) is 11.1 Å². The summed E-state index contributed by atoms with van der Waals surface area (Å²) in [5, 5.41) is 11.6. The van der Waals surface area contributed by atoms with E-state index in [1.165, 1.54) is 19.3 Å². The molecule has 0 spiro atoms. The second-order valence-corrected chi connectivity index (χ2v) is 10.8. The number of fused-ring (bicyclic) bond motifs is 1. The van der Waals surface area contributed by atoms with Crippen LogP contribution in [-0.4, -0.2) is 37.6 Å². The molecule has 2 amide bonds. The van der Waals surface area contributed by atoms with Gasteiger partial charge >= 0.3 is 0 Å². The lowest BCUT2D eigenvalue weighted by molar-refractivity contribution is -0.117. The van der Waals surface area contributed by atoms with Gasteiger partial charge in [-0.2, -0.15) is 5.10 Å². The van der Waals surface area contributed by atoms with Gasteiger partial charge in [-0.3, -0.25) is 9.59 Å². The highest BCUT2D eigenvalue weighted by Crippen LogP contribution is 2.37. The molecule has 0 aliphatic heterocycles. The lowest BCUT2D eigenvalue weighted by Gasteiger charge is -2.22. The van der Waals surface area contributed by atoms with Crippen molar-refractivity contribution in [3.8, 4) is 16.9 Å². The van der Waals surface area contributed by atoms with E-state index in [-0.39, 0.29) is 11.8 Å². The van der Waals surface area contributed by atoms with Crippen molar-refractivity contribution in [1.82, 2.24) is 25.1 Å². The maximum atomic E-state index is 13.2. The average molecular weight is 560 g/mol. The van der Waals surface area contributed by atoms with Crippen molar-refractivity contribution in [2.45, 2.75) is 51.0 Å². The minimum Gasteiger partial charge on any atom is -0.384 e. The number of pyridine rings is 2. The van der Waals surface area contributed by atoms with Crippen molar-refractivity contribution in [2.24, 2.45) is 0 Å². The predicted octanol–water partition coefficient (Wildman–Crippen LogP) is 5.87. The minimum absolute atomic E-state index is 0.315. The van der Waals surface area contributed by atoms with Crippen LogP contribution in [-0.2, 0) is 4.79 Å². The van der Waals surface area contributed by atoms with Gasteiger partial charge in [0.05, 0.1) is 11.2 Å². The zero-order valence-electron chi connectivity index (χ0n) is 23.5. The molecule has 5 aromatic rings. The first kappa shape index (κ1) is 27.1. The molecule has 1 aliphatic carbocycles. The molecule has 3 heterocycles. The first-order valence-corrected chi connectivity index (χ1v) is 14.3. The molecular formula is C33H33N7O2. The largest absolute Gasteiger partial charge is 0.384 e. The molecule has 3 aromatic heterocycles. The molecule has 1 saturated carbocycles. The fourth-order valence-corrected chi connectivity index (χ4v) is 5.64. The van der Waals surface area contributed by atoms with E-state index in [9.17, 15) is 9.59 Å². The molecule has 1 aliphatic rings. The zero-order chi connectivity index (χ0) is 29.1. The second kappa shape index (κ2) is 11.8. The summed E-state index contributed by atoms with van der Waals surface area (Å²) in [5.74, 6) is 0.954. The third kappa shape index (κ3) is 5.72. The summed E-state index contributed by atoms with van der Waals surface area (Å²) in [6.45, 7) is 1.66. The van der Waals surface area contributed by atoms with Crippen LogP contribution < -0.4 is 16.4 Å². The van der Waals surface area contributed by atoms with Crippen molar-refractivity contribution in [1.29, 1.82) is 0 Å². The number of aromatic nitrogens is 4. The molecule has 212 valence electrons. The van der Waals surface area contributed by atoms with E-state index in [1.807, 2.05) is 65.3 Å². The van der Waals surface area contributed by atoms with Crippen molar-refractivity contribution in [3.05, 3.63) is 96.4 Å². The van der Waals surface area contributed by atoms with Gasteiger partial charge in [0.15, 0.2) is 5.82 Å². The smallest absolute Gasteiger partial charge is 0.251 e. The molecule has 9 nitrogen and oxygen atoms in total. The van der Waals surface area contributed by atoms with E-state index in [0.717, 1.165) is 46.4 Å². The van der Waals surface area contributed by atoms with E-state index in [0.29, 0.717) is 23.0 Å². The summed E-state index contributed by atoms with van der Waals surface area (Å²) in [7, 11) is 0. The predicted molar refractivity (Wildman–Crippen MR) is 164 cm³/mol. The van der Waals surface area contributed by atoms with Gasteiger partial charge in [-0.05, 0) is 79.4 Å². The number of nitrogens with zero attached hydrogens (tertiary/aromatic N) is 4. The van der Waals surface area contributed by atoms with Crippen molar-refractivity contribution in [3.63, 3.8) is 0 Å². The Hall–Kier alpha value is -5.05. The van der Waals surface area contributed by atoms with Crippen LogP contribution in [0.3, 0.4) is 0 Å². The first-order chi connectivity index (χ1) is 20.5. The maximum Gasteiger partial charge on any atom is 0.251 e. The van der Waals surface area contributed by atoms with Crippen LogP contribution in [0.15, 0.2) is 85.2 Å². The summed E-state index contributed by atoms with van der Waals surface area (Å²) in [5.41, 5.74) is 10.6. The molecule has 1 fully saturated rings. The van der Waals surface area contributed by atoms with Crippen LogP contribution in [0.25, 0.3) is 27.8 Å². The van der Waals surface area contributed by atoms with Gasteiger partial charge in [0, 0.05) is 34.9 Å². The van der Waals surface area contributed by atoms with Crippen LogP contribution in [0.4, 0.5) is 11.5 Å². The van der Waals surface area contributed by atoms with E-state index in [4.69, 9.17) is 10.8 Å². The highest BCUT2D eigenvalue weighted by atomic mass is 16.2. The Balaban J connectivity index is 1.17. The van der Waals surface area contributed by atoms with E-state index in [2.05, 4.69) is 20.6 Å². The highest BCUT2D eigenvalue weighted by molar-refractivity contribution is 6.02. The van der Waals surface area contributed by atoms with E-state index >= 15 is 0 Å². The van der Waals surface area contributed by atoms with Gasteiger partial charge < -0.3 is 16.4 Å². The monoisotopic (exact) mass is 559 g/mol. The number of anilines is 2. The standard InChI is InChI=1S/C33H33N7O2/c1-21(32(41)38-26-13-10-22(11-14-26)24-16-18-35-29(34)20-24)37-33(42)25-12-15-27-28(19-25)39-40(30-9-5-6-17-36-30)31(27)23-7-3-2-4-8-23/h5-6,9-21,23H,2-4,7-8H2,1H3,(H2,34,35)(H,37,42)(H,38,41)/t21-/m1/s1. The molecule has 9 heteroatoms.